The number of hydrogen-bond acceptors (Lipinski definition) is 5. The second-order valence-corrected chi connectivity index (χ2v) is 13.0. The topological polar surface area (TPSA) is 104 Å². The largest absolute Gasteiger partial charge is 0.326 e. The molecule has 0 spiro atoms. The van der Waals surface area contributed by atoms with Gasteiger partial charge in [-0.15, -0.1) is 0 Å². The summed E-state index contributed by atoms with van der Waals surface area (Å²) in [7, 11) is -7.25. The summed E-state index contributed by atoms with van der Waals surface area (Å²) >= 11 is 11.9. The number of rotatable bonds is 9. The maximum Gasteiger partial charge on any atom is 0.243 e. The number of amides is 1. The number of nitrogens with zero attached hydrogens (tertiary/aromatic N) is 2. The van der Waals surface area contributed by atoms with Gasteiger partial charge in [0.15, 0.2) is 0 Å². The van der Waals surface area contributed by atoms with Gasteiger partial charge in [-0.3, -0.25) is 4.79 Å². The van der Waals surface area contributed by atoms with E-state index in [-0.39, 0.29) is 28.1 Å². The van der Waals surface area contributed by atoms with E-state index in [1.54, 1.807) is 26.0 Å². The van der Waals surface area contributed by atoms with E-state index in [0.717, 1.165) is 0 Å². The lowest BCUT2D eigenvalue weighted by atomic mass is 9.99. The van der Waals surface area contributed by atoms with Crippen LogP contribution in [0.3, 0.4) is 0 Å². The molecule has 3 rings (SSSR count). The third-order valence-corrected chi connectivity index (χ3v) is 10.6. The van der Waals surface area contributed by atoms with E-state index in [2.05, 4.69) is 5.32 Å². The van der Waals surface area contributed by atoms with Crippen LogP contribution in [-0.2, 0) is 30.6 Å². The second kappa shape index (κ2) is 11.6. The molecule has 1 aliphatic heterocycles. The number of anilines is 1. The van der Waals surface area contributed by atoms with Crippen LogP contribution in [0.1, 0.15) is 32.3 Å². The standard InChI is InChI=1S/C23H29Cl2N3O5S2/c1-3-27(4-2)35(32,33)20-10-8-19(9-11-20)26-23(29)18-6-5-13-28(15-18)34(30,31)16-17-7-12-21(24)22(25)14-17/h7-12,14,18H,3-6,13,15-16H2,1-2H3,(H,26,29)/t18-/m1/s1. The molecule has 2 aromatic carbocycles. The minimum Gasteiger partial charge on any atom is -0.326 e. The number of halogens is 2. The minimum atomic E-state index is -3.66. The van der Waals surface area contributed by atoms with Crippen LogP contribution in [-0.4, -0.2) is 57.5 Å². The van der Waals surface area contributed by atoms with Crippen molar-refractivity contribution in [3.05, 3.63) is 58.1 Å². The predicted molar refractivity (Wildman–Crippen MR) is 139 cm³/mol. The summed E-state index contributed by atoms with van der Waals surface area (Å²) in [5.74, 6) is -1.06. The van der Waals surface area contributed by atoms with Gasteiger partial charge >= 0.3 is 0 Å². The molecule has 0 bridgehead atoms. The molecule has 0 aliphatic carbocycles. The van der Waals surface area contributed by atoms with Gasteiger partial charge in [0, 0.05) is 31.9 Å². The van der Waals surface area contributed by atoms with Gasteiger partial charge in [-0.25, -0.2) is 21.1 Å². The third-order valence-electron chi connectivity index (χ3n) is 5.95. The zero-order chi connectivity index (χ0) is 25.8. The van der Waals surface area contributed by atoms with Gasteiger partial charge in [0.1, 0.15) is 0 Å². The highest BCUT2D eigenvalue weighted by Crippen LogP contribution is 2.27. The van der Waals surface area contributed by atoms with E-state index in [1.165, 1.54) is 38.9 Å². The fourth-order valence-electron chi connectivity index (χ4n) is 4.01. The Morgan fingerprint density at radius 3 is 2.29 bits per heavy atom. The molecule has 2 aromatic rings. The Kier molecular flexibility index (Phi) is 9.22. The van der Waals surface area contributed by atoms with Crippen LogP contribution in [0, 0.1) is 5.92 Å². The van der Waals surface area contributed by atoms with Crippen molar-refractivity contribution < 1.29 is 21.6 Å². The van der Waals surface area contributed by atoms with Crippen LogP contribution in [0.4, 0.5) is 5.69 Å². The summed E-state index contributed by atoms with van der Waals surface area (Å²) in [5.41, 5.74) is 0.968. The average Bonchev–Trinajstić information content (AvgIpc) is 2.82. The Hall–Kier alpha value is -1.69. The Balaban J connectivity index is 1.65. The monoisotopic (exact) mass is 561 g/mol. The Labute approximate surface area is 217 Å². The van der Waals surface area contributed by atoms with E-state index >= 15 is 0 Å². The number of hydrogen-bond donors (Lipinski definition) is 1. The lowest BCUT2D eigenvalue weighted by Crippen LogP contribution is -2.44. The number of carbonyl (C=O) groups excluding carboxylic acids is 1. The molecule has 0 aromatic heterocycles. The Bertz CT molecular complexity index is 1260. The number of benzene rings is 2. The fourth-order valence-corrected chi connectivity index (χ4v) is 7.38. The number of nitrogens with one attached hydrogen (secondary N) is 1. The molecule has 1 atom stereocenters. The Morgan fingerprint density at radius 2 is 1.69 bits per heavy atom. The van der Waals surface area contributed by atoms with Crippen molar-refractivity contribution in [2.75, 3.05) is 31.5 Å². The lowest BCUT2D eigenvalue weighted by Gasteiger charge is -2.31. The van der Waals surface area contributed by atoms with Crippen molar-refractivity contribution in [3.63, 3.8) is 0 Å². The quantitative estimate of drug-likeness (QED) is 0.494. The van der Waals surface area contributed by atoms with Crippen LogP contribution in [0.25, 0.3) is 0 Å². The van der Waals surface area contributed by atoms with Crippen molar-refractivity contribution in [1.29, 1.82) is 0 Å². The molecule has 1 aliphatic rings. The molecule has 0 radical (unpaired) electrons. The summed E-state index contributed by atoms with van der Waals surface area (Å²) in [6.45, 7) is 4.68. The Morgan fingerprint density at radius 1 is 1.03 bits per heavy atom. The lowest BCUT2D eigenvalue weighted by molar-refractivity contribution is -0.120. The van der Waals surface area contributed by atoms with Gasteiger partial charge in [0.2, 0.25) is 26.0 Å². The van der Waals surface area contributed by atoms with Crippen molar-refractivity contribution in [2.45, 2.75) is 37.3 Å². The van der Waals surface area contributed by atoms with E-state index < -0.39 is 26.0 Å². The molecule has 1 fully saturated rings. The van der Waals surface area contributed by atoms with E-state index in [4.69, 9.17) is 23.2 Å². The molecule has 192 valence electrons. The number of carbonyl (C=O) groups is 1. The third kappa shape index (κ3) is 6.75. The van der Waals surface area contributed by atoms with Crippen molar-refractivity contribution in [1.82, 2.24) is 8.61 Å². The van der Waals surface area contributed by atoms with Crippen LogP contribution >= 0.6 is 23.2 Å². The molecule has 0 saturated carbocycles. The molecule has 1 amide bonds. The SMILES string of the molecule is CCN(CC)S(=O)(=O)c1ccc(NC(=O)[C@@H]2CCCN(S(=O)(=O)Cc3ccc(Cl)c(Cl)c3)C2)cc1. The van der Waals surface area contributed by atoms with Crippen LogP contribution in [0.5, 0.6) is 0 Å². The smallest absolute Gasteiger partial charge is 0.243 e. The highest BCUT2D eigenvalue weighted by atomic mass is 35.5. The molecule has 8 nitrogen and oxygen atoms in total. The first-order chi connectivity index (χ1) is 16.5. The molecular formula is C23H29Cl2N3O5S2. The number of piperidine rings is 1. The first-order valence-corrected chi connectivity index (χ1v) is 15.1. The highest BCUT2D eigenvalue weighted by Gasteiger charge is 2.32. The zero-order valence-electron chi connectivity index (χ0n) is 19.6. The molecular weight excluding hydrogens is 533 g/mol. The van der Waals surface area contributed by atoms with Crippen molar-refractivity contribution in [2.24, 2.45) is 5.92 Å². The molecule has 1 N–H and O–H groups in total. The molecule has 0 unspecified atom stereocenters. The van der Waals surface area contributed by atoms with Gasteiger partial charge in [-0.2, -0.15) is 4.31 Å². The normalized spacial score (nSPS) is 17.5. The maximum atomic E-state index is 13.0. The maximum absolute atomic E-state index is 13.0. The van der Waals surface area contributed by atoms with E-state index in [1.807, 2.05) is 0 Å². The minimum absolute atomic E-state index is 0.0733. The second-order valence-electron chi connectivity index (χ2n) is 8.30. The van der Waals surface area contributed by atoms with Crippen molar-refractivity contribution >= 4 is 54.8 Å². The van der Waals surface area contributed by atoms with E-state index in [9.17, 15) is 21.6 Å². The van der Waals surface area contributed by atoms with Gasteiger partial charge in [0.05, 0.1) is 26.6 Å². The molecule has 12 heteroatoms. The summed E-state index contributed by atoms with van der Waals surface area (Å²) in [5, 5.41) is 3.41. The van der Waals surface area contributed by atoms with Gasteiger partial charge in [-0.1, -0.05) is 43.1 Å². The first-order valence-electron chi connectivity index (χ1n) is 11.3. The van der Waals surface area contributed by atoms with Crippen LogP contribution in [0.2, 0.25) is 10.0 Å². The average molecular weight is 563 g/mol. The summed E-state index contributed by atoms with van der Waals surface area (Å²) in [4.78, 5) is 13.0. The van der Waals surface area contributed by atoms with Gasteiger partial charge in [-0.05, 0) is 54.8 Å². The predicted octanol–water partition coefficient (Wildman–Crippen LogP) is 4.20. The summed E-state index contributed by atoms with van der Waals surface area (Å²) < 4.78 is 53.9. The first kappa shape index (κ1) is 27.9. The highest BCUT2D eigenvalue weighted by molar-refractivity contribution is 7.89. The van der Waals surface area contributed by atoms with E-state index in [0.29, 0.717) is 48.7 Å². The van der Waals surface area contributed by atoms with Crippen molar-refractivity contribution in [3.8, 4) is 0 Å². The van der Waals surface area contributed by atoms with Crippen LogP contribution < -0.4 is 5.32 Å². The van der Waals surface area contributed by atoms with Gasteiger partial charge in [0.25, 0.3) is 0 Å². The number of sulfonamides is 2. The molecule has 1 saturated heterocycles. The molecule has 1 heterocycles. The van der Waals surface area contributed by atoms with Crippen LogP contribution in [0.15, 0.2) is 47.4 Å². The fraction of sp³-hybridized carbons (Fsp3) is 0.435. The summed E-state index contributed by atoms with van der Waals surface area (Å²) in [6.07, 6.45) is 1.11. The zero-order valence-corrected chi connectivity index (χ0v) is 22.7. The summed E-state index contributed by atoms with van der Waals surface area (Å²) in [6, 6.07) is 10.7. The van der Waals surface area contributed by atoms with Gasteiger partial charge < -0.3 is 5.32 Å². The molecule has 35 heavy (non-hydrogen) atoms.